The number of phosphoric ester groups is 1. The highest BCUT2D eigenvalue weighted by molar-refractivity contribution is 7.47. The number of rotatable bonds is 54. The van der Waals surface area contributed by atoms with E-state index in [4.69, 9.17) is 9.05 Å². The van der Waals surface area contributed by atoms with Crippen LogP contribution in [0.1, 0.15) is 296 Å². The average Bonchev–Trinajstić information content (AvgIpc) is 3.28. The molecule has 3 N–H and O–H groups in total. The number of carbonyl (C=O) groups is 1. The molecule has 0 aromatic rings. The van der Waals surface area contributed by atoms with Crippen LogP contribution in [-0.4, -0.2) is 73.4 Å². The van der Waals surface area contributed by atoms with Crippen molar-refractivity contribution < 1.29 is 32.9 Å². The molecule has 0 saturated carbocycles. The number of nitrogens with zero attached hydrogens (tertiary/aromatic N) is 1. The second-order valence-electron chi connectivity index (χ2n) is 21.4. The fourth-order valence-electron chi connectivity index (χ4n) is 8.93. The Morgan fingerprint density at radius 3 is 1.17 bits per heavy atom. The predicted molar refractivity (Wildman–Crippen MR) is 286 cm³/mol. The fraction of sp³-hybridized carbons (Fsp3) is 0.947. The van der Waals surface area contributed by atoms with Gasteiger partial charge in [0.25, 0.3) is 0 Å². The lowest BCUT2D eigenvalue weighted by molar-refractivity contribution is -0.870. The largest absolute Gasteiger partial charge is 0.472 e. The molecule has 0 heterocycles. The van der Waals surface area contributed by atoms with Crippen molar-refractivity contribution in [2.75, 3.05) is 40.9 Å². The van der Waals surface area contributed by atoms with Crippen LogP contribution < -0.4 is 5.32 Å². The van der Waals surface area contributed by atoms with Gasteiger partial charge in [-0.1, -0.05) is 264 Å². The second-order valence-corrected chi connectivity index (χ2v) is 22.8. The van der Waals surface area contributed by atoms with Crippen LogP contribution in [0.5, 0.6) is 0 Å². The van der Waals surface area contributed by atoms with Gasteiger partial charge in [0.2, 0.25) is 5.91 Å². The first-order valence-corrected chi connectivity index (χ1v) is 30.5. The van der Waals surface area contributed by atoms with Gasteiger partial charge in [-0.05, 0) is 38.5 Å². The van der Waals surface area contributed by atoms with Gasteiger partial charge < -0.3 is 19.8 Å². The molecule has 0 rings (SSSR count). The van der Waals surface area contributed by atoms with Gasteiger partial charge in [0.05, 0.1) is 39.9 Å². The molecule has 394 valence electrons. The molecule has 1 amide bonds. The number of likely N-dealkylation sites (N-methyl/N-ethyl adjacent to an activating group) is 1. The smallest absolute Gasteiger partial charge is 0.391 e. The fourth-order valence-corrected chi connectivity index (χ4v) is 9.66. The minimum absolute atomic E-state index is 0.0775. The summed E-state index contributed by atoms with van der Waals surface area (Å²) in [6.07, 6.45) is 60.0. The molecule has 0 aliphatic carbocycles. The number of hydrogen-bond donors (Lipinski definition) is 3. The van der Waals surface area contributed by atoms with Crippen LogP contribution in [0.2, 0.25) is 0 Å². The maximum atomic E-state index is 13.0. The number of unbranched alkanes of at least 4 members (excludes halogenated alkanes) is 39. The minimum Gasteiger partial charge on any atom is -0.391 e. The number of aliphatic hydroxyl groups is 1. The first-order valence-electron chi connectivity index (χ1n) is 29.1. The molecule has 0 fully saturated rings. The van der Waals surface area contributed by atoms with E-state index in [1.807, 2.05) is 21.1 Å². The number of aliphatic hydroxyl groups excluding tert-OH is 1. The predicted octanol–water partition coefficient (Wildman–Crippen LogP) is 17.4. The number of amides is 1. The summed E-state index contributed by atoms with van der Waals surface area (Å²) in [7, 11) is 1.63. The van der Waals surface area contributed by atoms with Crippen LogP contribution in [0.3, 0.4) is 0 Å². The van der Waals surface area contributed by atoms with E-state index in [1.54, 1.807) is 0 Å². The Balaban J connectivity index is 3.95. The van der Waals surface area contributed by atoms with Crippen molar-refractivity contribution in [3.05, 3.63) is 12.2 Å². The highest BCUT2D eigenvalue weighted by atomic mass is 31.2. The van der Waals surface area contributed by atoms with Gasteiger partial charge in [-0.2, -0.15) is 0 Å². The third kappa shape index (κ3) is 51.1. The molecular weight excluding hydrogens is 840 g/mol. The highest BCUT2D eigenvalue weighted by Gasteiger charge is 2.28. The van der Waals surface area contributed by atoms with Gasteiger partial charge in [-0.25, -0.2) is 4.57 Å². The normalized spacial score (nSPS) is 14.0. The summed E-state index contributed by atoms with van der Waals surface area (Å²) in [5, 5.41) is 14.0. The molecule has 0 aliphatic heterocycles. The molecular formula is C57H116N2O6P+. The molecule has 3 atom stereocenters. The molecule has 0 bridgehead atoms. The molecule has 0 spiro atoms. The SMILES string of the molecule is CCCCCCCCCCCCCC/C=C\CCCCCCCCCCCCCCCCCCC(=O)NC(COP(=O)(O)OCC[N+](C)(C)C)C(O)CCCCCCCCCCCCCC. The zero-order valence-corrected chi connectivity index (χ0v) is 45.9. The van der Waals surface area contributed by atoms with Crippen molar-refractivity contribution in [2.24, 2.45) is 0 Å². The monoisotopic (exact) mass is 956 g/mol. The highest BCUT2D eigenvalue weighted by Crippen LogP contribution is 2.43. The van der Waals surface area contributed by atoms with Gasteiger partial charge in [0, 0.05) is 6.42 Å². The van der Waals surface area contributed by atoms with Gasteiger partial charge >= 0.3 is 7.82 Å². The van der Waals surface area contributed by atoms with Gasteiger partial charge in [0.1, 0.15) is 13.2 Å². The van der Waals surface area contributed by atoms with Crippen molar-refractivity contribution in [2.45, 2.75) is 309 Å². The Morgan fingerprint density at radius 2 is 0.818 bits per heavy atom. The first-order chi connectivity index (χ1) is 32.0. The molecule has 0 aromatic heterocycles. The molecule has 9 heteroatoms. The van der Waals surface area contributed by atoms with Crippen molar-refractivity contribution in [3.8, 4) is 0 Å². The molecule has 0 radical (unpaired) electrons. The van der Waals surface area contributed by atoms with E-state index in [9.17, 15) is 19.4 Å². The Morgan fingerprint density at radius 1 is 0.500 bits per heavy atom. The Labute approximate surface area is 412 Å². The maximum absolute atomic E-state index is 13.0. The molecule has 0 saturated heterocycles. The summed E-state index contributed by atoms with van der Waals surface area (Å²) in [6.45, 7) is 4.92. The summed E-state index contributed by atoms with van der Waals surface area (Å²) in [5.41, 5.74) is 0. The van der Waals surface area contributed by atoms with Crippen LogP contribution in [0, 0.1) is 0 Å². The number of carbonyl (C=O) groups excluding carboxylic acids is 1. The van der Waals surface area contributed by atoms with Gasteiger partial charge in [0.15, 0.2) is 0 Å². The summed E-state index contributed by atoms with van der Waals surface area (Å²) >= 11 is 0. The zero-order chi connectivity index (χ0) is 48.5. The third-order valence-corrected chi connectivity index (χ3v) is 14.5. The topological polar surface area (TPSA) is 105 Å². The van der Waals surface area contributed by atoms with E-state index in [0.29, 0.717) is 23.9 Å². The van der Waals surface area contributed by atoms with E-state index >= 15 is 0 Å². The number of allylic oxidation sites excluding steroid dienone is 2. The lowest BCUT2D eigenvalue weighted by atomic mass is 10.0. The van der Waals surface area contributed by atoms with Crippen LogP contribution in [0.25, 0.3) is 0 Å². The van der Waals surface area contributed by atoms with Crippen molar-refractivity contribution in [3.63, 3.8) is 0 Å². The summed E-state index contributed by atoms with van der Waals surface area (Å²) < 4.78 is 23.7. The summed E-state index contributed by atoms with van der Waals surface area (Å²) in [6, 6.07) is -0.756. The minimum atomic E-state index is -4.31. The molecule has 3 unspecified atom stereocenters. The van der Waals surface area contributed by atoms with Crippen molar-refractivity contribution >= 4 is 13.7 Å². The Bertz CT molecular complexity index is 1080. The number of quaternary nitrogens is 1. The summed E-state index contributed by atoms with van der Waals surface area (Å²) in [4.78, 5) is 23.3. The lowest BCUT2D eigenvalue weighted by Gasteiger charge is -2.26. The molecule has 8 nitrogen and oxygen atoms in total. The van der Waals surface area contributed by atoms with E-state index < -0.39 is 20.0 Å². The Hall–Kier alpha value is -0.760. The molecule has 0 aliphatic rings. The van der Waals surface area contributed by atoms with E-state index in [-0.39, 0.29) is 19.1 Å². The van der Waals surface area contributed by atoms with Crippen LogP contribution in [-0.2, 0) is 18.4 Å². The number of phosphoric acid groups is 1. The van der Waals surface area contributed by atoms with Crippen LogP contribution in [0.4, 0.5) is 0 Å². The van der Waals surface area contributed by atoms with Crippen molar-refractivity contribution in [1.29, 1.82) is 0 Å². The average molecular weight is 957 g/mol. The van der Waals surface area contributed by atoms with Crippen molar-refractivity contribution in [1.82, 2.24) is 5.32 Å². The van der Waals surface area contributed by atoms with Gasteiger partial charge in [-0.3, -0.25) is 13.8 Å². The molecule has 0 aromatic carbocycles. The second kappa shape index (κ2) is 49.2. The third-order valence-electron chi connectivity index (χ3n) is 13.5. The quantitative estimate of drug-likeness (QED) is 0.0243. The van der Waals surface area contributed by atoms with E-state index in [1.165, 1.54) is 231 Å². The standard InChI is InChI=1S/C57H115N2O6P/c1-6-8-10-12-14-16-18-20-21-22-23-24-25-26-27-28-29-30-31-32-33-34-35-36-37-38-39-41-43-45-47-49-51-57(61)58-55(54-65-66(62,63)64-53-52-59(3,4)5)56(60)50-48-46-44-42-40-19-17-15-13-11-9-7-2/h26-27,55-56,60H,6-25,28-54H2,1-5H3,(H-,58,61,62,63)/p+1/b27-26-. The Kier molecular flexibility index (Phi) is 48.7. The zero-order valence-electron chi connectivity index (χ0n) is 45.0. The number of nitrogens with one attached hydrogen (secondary N) is 1. The first kappa shape index (κ1) is 65.2. The molecule has 66 heavy (non-hydrogen) atoms. The maximum Gasteiger partial charge on any atom is 0.472 e. The summed E-state index contributed by atoms with van der Waals surface area (Å²) in [5.74, 6) is -0.140. The van der Waals surface area contributed by atoms with E-state index in [2.05, 4.69) is 31.3 Å². The van der Waals surface area contributed by atoms with Crippen LogP contribution >= 0.6 is 7.82 Å². The number of hydrogen-bond acceptors (Lipinski definition) is 5. The van der Waals surface area contributed by atoms with Gasteiger partial charge in [-0.15, -0.1) is 0 Å². The van der Waals surface area contributed by atoms with Crippen LogP contribution in [0.15, 0.2) is 12.2 Å². The van der Waals surface area contributed by atoms with E-state index in [0.717, 1.165) is 38.5 Å². The lowest BCUT2D eigenvalue weighted by Crippen LogP contribution is -2.46.